The summed E-state index contributed by atoms with van der Waals surface area (Å²) >= 11 is 3.11. The lowest BCUT2D eigenvalue weighted by Crippen LogP contribution is -1.93. The van der Waals surface area contributed by atoms with Gasteiger partial charge in [-0.05, 0) is 30.5 Å². The highest BCUT2D eigenvalue weighted by molar-refractivity contribution is 8.03. The Morgan fingerprint density at radius 1 is 1.14 bits per heavy atom. The van der Waals surface area contributed by atoms with Crippen LogP contribution in [-0.2, 0) is 0 Å². The maximum Gasteiger partial charge on any atom is 0.186 e. The number of fused-ring (bicyclic) bond motifs is 1. The summed E-state index contributed by atoms with van der Waals surface area (Å²) in [7, 11) is 0. The summed E-state index contributed by atoms with van der Waals surface area (Å²) in [5.41, 5.74) is 2.87. The first-order valence-corrected chi connectivity index (χ1v) is 8.22. The molecular weight excluding hydrogens is 298 g/mol. The normalized spacial score (nSPS) is 11.3. The second-order valence-electron chi connectivity index (χ2n) is 4.60. The average Bonchev–Trinajstić information content (AvgIpc) is 2.90. The van der Waals surface area contributed by atoms with E-state index in [4.69, 9.17) is 0 Å². The average molecular weight is 311 g/mol. The zero-order chi connectivity index (χ0) is 14.7. The lowest BCUT2D eigenvalue weighted by molar-refractivity contribution is 0.104. The fourth-order valence-corrected chi connectivity index (χ4v) is 3.65. The van der Waals surface area contributed by atoms with Gasteiger partial charge in [0.05, 0.1) is 10.2 Å². The highest BCUT2D eigenvalue weighted by atomic mass is 32.2. The van der Waals surface area contributed by atoms with Crippen LogP contribution in [0.5, 0.6) is 0 Å². The molecule has 0 saturated carbocycles. The molecule has 0 radical (unpaired) electrons. The topological polar surface area (TPSA) is 30.0 Å². The maximum absolute atomic E-state index is 12.0. The van der Waals surface area contributed by atoms with Gasteiger partial charge in [0, 0.05) is 5.56 Å². The van der Waals surface area contributed by atoms with Crippen molar-refractivity contribution < 1.29 is 4.79 Å². The molecule has 0 amide bonds. The molecule has 0 aliphatic rings. The molecule has 0 aliphatic heterocycles. The van der Waals surface area contributed by atoms with Crippen LogP contribution in [0.25, 0.3) is 10.2 Å². The Morgan fingerprint density at radius 3 is 2.67 bits per heavy atom. The third-order valence-electron chi connectivity index (χ3n) is 3.00. The van der Waals surface area contributed by atoms with E-state index >= 15 is 0 Å². The van der Waals surface area contributed by atoms with Gasteiger partial charge in [-0.25, -0.2) is 4.98 Å². The summed E-state index contributed by atoms with van der Waals surface area (Å²) in [5.74, 6) is 0.0172. The minimum atomic E-state index is 0.0172. The summed E-state index contributed by atoms with van der Waals surface area (Å²) in [4.78, 5) is 16.5. The molecule has 3 aromatic rings. The largest absolute Gasteiger partial charge is 0.289 e. The van der Waals surface area contributed by atoms with Crippen LogP contribution in [0.3, 0.4) is 0 Å². The van der Waals surface area contributed by atoms with Crippen LogP contribution >= 0.6 is 23.1 Å². The number of aryl methyl sites for hydroxylation is 1. The van der Waals surface area contributed by atoms with E-state index in [9.17, 15) is 4.79 Å². The monoisotopic (exact) mass is 311 g/mol. The number of nitrogens with zero attached hydrogens (tertiary/aromatic N) is 1. The van der Waals surface area contributed by atoms with E-state index in [0.29, 0.717) is 5.56 Å². The molecule has 0 atom stereocenters. The molecule has 0 saturated heterocycles. The van der Waals surface area contributed by atoms with Gasteiger partial charge in [0.25, 0.3) is 0 Å². The first kappa shape index (κ1) is 14.0. The highest BCUT2D eigenvalue weighted by Gasteiger charge is 2.03. The number of benzene rings is 2. The van der Waals surface area contributed by atoms with E-state index in [0.717, 1.165) is 15.4 Å². The molecule has 2 aromatic carbocycles. The number of carbonyl (C=O) groups is 1. The van der Waals surface area contributed by atoms with Crippen LogP contribution in [0.2, 0.25) is 0 Å². The SMILES string of the molecule is Cc1ccc(C(=O)C=CSc2nc3ccccc3s2)cc1. The van der Waals surface area contributed by atoms with Gasteiger partial charge in [0.2, 0.25) is 0 Å². The Labute approximate surface area is 131 Å². The first-order chi connectivity index (χ1) is 10.2. The number of aromatic nitrogens is 1. The number of rotatable bonds is 4. The summed E-state index contributed by atoms with van der Waals surface area (Å²) in [6.45, 7) is 2.01. The fraction of sp³-hybridized carbons (Fsp3) is 0.0588. The quantitative estimate of drug-likeness (QED) is 0.382. The van der Waals surface area contributed by atoms with E-state index in [1.807, 2.05) is 49.4 Å². The smallest absolute Gasteiger partial charge is 0.186 e. The summed E-state index contributed by atoms with van der Waals surface area (Å²) < 4.78 is 2.11. The van der Waals surface area contributed by atoms with Crippen molar-refractivity contribution in [1.29, 1.82) is 0 Å². The van der Waals surface area contributed by atoms with Gasteiger partial charge in [0.15, 0.2) is 10.1 Å². The predicted molar refractivity (Wildman–Crippen MR) is 90.1 cm³/mol. The van der Waals surface area contributed by atoms with Crippen molar-refractivity contribution in [3.63, 3.8) is 0 Å². The molecule has 0 N–H and O–H groups in total. The summed E-state index contributed by atoms with van der Waals surface area (Å²) in [6.07, 6.45) is 1.60. The summed E-state index contributed by atoms with van der Waals surface area (Å²) in [6, 6.07) is 15.6. The van der Waals surface area contributed by atoms with Gasteiger partial charge in [-0.15, -0.1) is 11.3 Å². The van der Waals surface area contributed by atoms with Crippen LogP contribution in [0.1, 0.15) is 15.9 Å². The molecular formula is C17H13NOS2. The van der Waals surface area contributed by atoms with E-state index in [2.05, 4.69) is 11.1 Å². The lowest BCUT2D eigenvalue weighted by Gasteiger charge is -1.96. The van der Waals surface area contributed by atoms with Crippen molar-refractivity contribution in [3.8, 4) is 0 Å². The Kier molecular flexibility index (Phi) is 4.18. The minimum Gasteiger partial charge on any atom is -0.289 e. The fourth-order valence-electron chi connectivity index (χ4n) is 1.87. The number of thiazole rings is 1. The van der Waals surface area contributed by atoms with Crippen molar-refractivity contribution in [3.05, 3.63) is 71.1 Å². The van der Waals surface area contributed by atoms with Crippen molar-refractivity contribution in [2.24, 2.45) is 0 Å². The lowest BCUT2D eigenvalue weighted by atomic mass is 10.1. The number of carbonyl (C=O) groups excluding carboxylic acids is 1. The van der Waals surface area contributed by atoms with Crippen molar-refractivity contribution in [2.75, 3.05) is 0 Å². The van der Waals surface area contributed by atoms with E-state index < -0.39 is 0 Å². The van der Waals surface area contributed by atoms with Crippen LogP contribution in [-0.4, -0.2) is 10.8 Å². The second kappa shape index (κ2) is 6.24. The molecule has 0 spiro atoms. The van der Waals surface area contributed by atoms with Gasteiger partial charge in [-0.1, -0.05) is 53.7 Å². The molecule has 21 heavy (non-hydrogen) atoms. The predicted octanol–water partition coefficient (Wildman–Crippen LogP) is 5.09. The number of hydrogen-bond donors (Lipinski definition) is 0. The minimum absolute atomic E-state index is 0.0172. The van der Waals surface area contributed by atoms with Crippen molar-refractivity contribution >= 4 is 39.1 Å². The number of ketones is 1. The zero-order valence-corrected chi connectivity index (χ0v) is 13.1. The van der Waals surface area contributed by atoms with E-state index in [1.54, 1.807) is 22.8 Å². The molecule has 0 bridgehead atoms. The zero-order valence-electron chi connectivity index (χ0n) is 11.4. The molecule has 0 fully saturated rings. The molecule has 2 nitrogen and oxygen atoms in total. The molecule has 0 aliphatic carbocycles. The maximum atomic E-state index is 12.0. The highest BCUT2D eigenvalue weighted by Crippen LogP contribution is 2.29. The number of hydrogen-bond acceptors (Lipinski definition) is 4. The van der Waals surface area contributed by atoms with E-state index in [1.165, 1.54) is 16.5 Å². The van der Waals surface area contributed by atoms with Gasteiger partial charge in [0.1, 0.15) is 0 Å². The first-order valence-electron chi connectivity index (χ1n) is 6.52. The molecule has 0 unspecified atom stereocenters. The van der Waals surface area contributed by atoms with Gasteiger partial charge in [-0.3, -0.25) is 4.79 Å². The Balaban J connectivity index is 1.68. The number of allylic oxidation sites excluding steroid dienone is 1. The molecule has 1 aromatic heterocycles. The van der Waals surface area contributed by atoms with Crippen molar-refractivity contribution in [2.45, 2.75) is 11.3 Å². The molecule has 104 valence electrons. The molecule has 4 heteroatoms. The molecule has 3 rings (SSSR count). The second-order valence-corrected chi connectivity index (χ2v) is 6.78. The standard InChI is InChI=1S/C17H13NOS2/c1-12-6-8-13(9-7-12)15(19)10-11-20-17-18-14-4-2-3-5-16(14)21-17/h2-11H,1H3. The third kappa shape index (κ3) is 3.40. The summed E-state index contributed by atoms with van der Waals surface area (Å²) in [5, 5.41) is 1.81. The Bertz CT molecular complexity index is 770. The van der Waals surface area contributed by atoms with Gasteiger partial charge < -0.3 is 0 Å². The van der Waals surface area contributed by atoms with Crippen LogP contribution in [0.4, 0.5) is 0 Å². The Morgan fingerprint density at radius 2 is 1.90 bits per heavy atom. The number of thioether (sulfide) groups is 1. The van der Waals surface area contributed by atoms with E-state index in [-0.39, 0.29) is 5.78 Å². The Hall–Kier alpha value is -1.91. The van der Waals surface area contributed by atoms with Crippen LogP contribution in [0.15, 0.2) is 64.4 Å². The van der Waals surface area contributed by atoms with Gasteiger partial charge in [-0.2, -0.15) is 0 Å². The van der Waals surface area contributed by atoms with Crippen molar-refractivity contribution in [1.82, 2.24) is 4.98 Å². The van der Waals surface area contributed by atoms with Crippen LogP contribution in [0, 0.1) is 6.92 Å². The number of para-hydroxylation sites is 1. The third-order valence-corrected chi connectivity index (χ3v) is 4.93. The van der Waals surface area contributed by atoms with Crippen LogP contribution < -0.4 is 0 Å². The van der Waals surface area contributed by atoms with Gasteiger partial charge >= 0.3 is 0 Å². The molecule has 1 heterocycles.